The lowest BCUT2D eigenvalue weighted by Crippen LogP contribution is -2.43. The number of aromatic carboxylic acids is 1. The Morgan fingerprint density at radius 1 is 1.43 bits per heavy atom. The van der Waals surface area contributed by atoms with Crippen LogP contribution >= 0.6 is 11.6 Å². The average molecular weight is 313 g/mol. The largest absolute Gasteiger partial charge is 0.478 e. The van der Waals surface area contributed by atoms with Crippen molar-refractivity contribution in [3.63, 3.8) is 0 Å². The number of piperidine rings is 1. The number of hydrogen-bond donors (Lipinski definition) is 3. The molecular weight excluding hydrogens is 296 g/mol. The SMILES string of the molecule is O=C(O)c1cc(NC(=O)N2CCCC(CO)C2)ccc1Cl. The van der Waals surface area contributed by atoms with Crippen LogP contribution in [-0.4, -0.2) is 46.8 Å². The lowest BCUT2D eigenvalue weighted by molar-refractivity contribution is 0.0697. The zero-order valence-corrected chi connectivity index (χ0v) is 12.1. The summed E-state index contributed by atoms with van der Waals surface area (Å²) in [6, 6.07) is 4.02. The Labute approximate surface area is 127 Å². The molecule has 0 aromatic heterocycles. The van der Waals surface area contributed by atoms with E-state index in [0.717, 1.165) is 12.8 Å². The summed E-state index contributed by atoms with van der Waals surface area (Å²) in [6.07, 6.45) is 1.75. The molecule has 21 heavy (non-hydrogen) atoms. The summed E-state index contributed by atoms with van der Waals surface area (Å²) in [7, 11) is 0. The van der Waals surface area contributed by atoms with Crippen molar-refractivity contribution >= 4 is 29.3 Å². The van der Waals surface area contributed by atoms with Gasteiger partial charge in [-0.15, -0.1) is 0 Å². The molecule has 1 aliphatic rings. The number of urea groups is 1. The van der Waals surface area contributed by atoms with Crippen LogP contribution in [0.3, 0.4) is 0 Å². The molecule has 1 fully saturated rings. The van der Waals surface area contributed by atoms with E-state index in [9.17, 15) is 14.7 Å². The number of aliphatic hydroxyl groups excluding tert-OH is 1. The molecule has 1 aliphatic heterocycles. The predicted molar refractivity (Wildman–Crippen MR) is 78.8 cm³/mol. The highest BCUT2D eigenvalue weighted by Crippen LogP contribution is 2.22. The quantitative estimate of drug-likeness (QED) is 0.798. The number of aliphatic hydroxyl groups is 1. The van der Waals surface area contributed by atoms with E-state index in [1.165, 1.54) is 12.1 Å². The minimum Gasteiger partial charge on any atom is -0.478 e. The van der Waals surface area contributed by atoms with Crippen LogP contribution < -0.4 is 5.32 Å². The van der Waals surface area contributed by atoms with Crippen LogP contribution in [0.15, 0.2) is 18.2 Å². The van der Waals surface area contributed by atoms with E-state index in [4.69, 9.17) is 16.7 Å². The first-order chi connectivity index (χ1) is 10.0. The van der Waals surface area contributed by atoms with Crippen LogP contribution in [-0.2, 0) is 0 Å². The number of carbonyl (C=O) groups excluding carboxylic acids is 1. The highest BCUT2D eigenvalue weighted by Gasteiger charge is 2.23. The van der Waals surface area contributed by atoms with Gasteiger partial charge in [-0.05, 0) is 37.0 Å². The fourth-order valence-electron chi connectivity index (χ4n) is 2.37. The first kappa shape index (κ1) is 15.6. The molecule has 1 saturated heterocycles. The Hall–Kier alpha value is -1.79. The summed E-state index contributed by atoms with van der Waals surface area (Å²) in [6.45, 7) is 1.19. The third-order valence-corrected chi connectivity index (χ3v) is 3.84. The van der Waals surface area contributed by atoms with Crippen LogP contribution in [0, 0.1) is 5.92 Å². The topological polar surface area (TPSA) is 89.9 Å². The van der Waals surface area contributed by atoms with Crippen molar-refractivity contribution in [1.29, 1.82) is 0 Å². The number of anilines is 1. The molecule has 2 rings (SSSR count). The van der Waals surface area contributed by atoms with E-state index in [-0.39, 0.29) is 29.1 Å². The van der Waals surface area contributed by atoms with Gasteiger partial charge in [0.1, 0.15) is 0 Å². The summed E-state index contributed by atoms with van der Waals surface area (Å²) >= 11 is 5.78. The molecule has 1 heterocycles. The van der Waals surface area contributed by atoms with Crippen LogP contribution in [0.1, 0.15) is 23.2 Å². The number of carbonyl (C=O) groups is 2. The van der Waals surface area contributed by atoms with Crippen molar-refractivity contribution in [1.82, 2.24) is 4.90 Å². The first-order valence-corrected chi connectivity index (χ1v) is 7.08. The fourth-order valence-corrected chi connectivity index (χ4v) is 2.57. The van der Waals surface area contributed by atoms with Crippen molar-refractivity contribution in [2.75, 3.05) is 25.0 Å². The molecule has 2 amide bonds. The van der Waals surface area contributed by atoms with E-state index in [0.29, 0.717) is 18.8 Å². The molecule has 114 valence electrons. The van der Waals surface area contributed by atoms with Gasteiger partial charge in [0.2, 0.25) is 0 Å². The molecule has 0 saturated carbocycles. The molecule has 3 N–H and O–H groups in total. The third-order valence-electron chi connectivity index (χ3n) is 3.51. The summed E-state index contributed by atoms with van der Waals surface area (Å²) in [4.78, 5) is 24.8. The van der Waals surface area contributed by atoms with Crippen LogP contribution in [0.4, 0.5) is 10.5 Å². The Bertz CT molecular complexity index is 550. The molecule has 0 radical (unpaired) electrons. The number of carboxylic acids is 1. The first-order valence-electron chi connectivity index (χ1n) is 6.71. The maximum Gasteiger partial charge on any atom is 0.337 e. The highest BCUT2D eigenvalue weighted by molar-refractivity contribution is 6.33. The van der Waals surface area contributed by atoms with Gasteiger partial charge in [0, 0.05) is 25.4 Å². The zero-order chi connectivity index (χ0) is 15.4. The second-order valence-corrected chi connectivity index (χ2v) is 5.47. The van der Waals surface area contributed by atoms with Gasteiger partial charge in [-0.1, -0.05) is 11.6 Å². The number of rotatable bonds is 3. The van der Waals surface area contributed by atoms with Gasteiger partial charge < -0.3 is 20.4 Å². The lowest BCUT2D eigenvalue weighted by atomic mass is 9.99. The van der Waals surface area contributed by atoms with Crippen molar-refractivity contribution in [3.05, 3.63) is 28.8 Å². The minimum absolute atomic E-state index is 0.0543. The van der Waals surface area contributed by atoms with Gasteiger partial charge in [-0.2, -0.15) is 0 Å². The molecule has 0 bridgehead atoms. The van der Waals surface area contributed by atoms with Crippen molar-refractivity contribution < 1.29 is 19.8 Å². The molecule has 7 heteroatoms. The molecule has 0 aliphatic carbocycles. The van der Waals surface area contributed by atoms with E-state index < -0.39 is 5.97 Å². The number of likely N-dealkylation sites (tertiary alicyclic amines) is 1. The lowest BCUT2D eigenvalue weighted by Gasteiger charge is -2.31. The van der Waals surface area contributed by atoms with E-state index in [2.05, 4.69) is 5.32 Å². The third kappa shape index (κ3) is 3.86. The minimum atomic E-state index is -1.14. The number of hydrogen-bond acceptors (Lipinski definition) is 3. The van der Waals surface area contributed by atoms with Gasteiger partial charge in [0.05, 0.1) is 10.6 Å². The number of benzene rings is 1. The number of carboxylic acid groups (broad SMARTS) is 1. The van der Waals surface area contributed by atoms with Gasteiger partial charge in [0.25, 0.3) is 0 Å². The normalized spacial score (nSPS) is 18.4. The monoisotopic (exact) mass is 312 g/mol. The Kier molecular flexibility index (Phi) is 5.03. The molecule has 1 aromatic carbocycles. The maximum absolute atomic E-state index is 12.1. The van der Waals surface area contributed by atoms with Gasteiger partial charge >= 0.3 is 12.0 Å². The molecule has 0 spiro atoms. The van der Waals surface area contributed by atoms with Crippen LogP contribution in [0.2, 0.25) is 5.02 Å². The van der Waals surface area contributed by atoms with Crippen molar-refractivity contribution in [2.45, 2.75) is 12.8 Å². The smallest absolute Gasteiger partial charge is 0.337 e. The summed E-state index contributed by atoms with van der Waals surface area (Å²) in [5, 5.41) is 21.0. The van der Waals surface area contributed by atoms with Crippen molar-refractivity contribution in [3.8, 4) is 0 Å². The van der Waals surface area contributed by atoms with Gasteiger partial charge in [0.15, 0.2) is 0 Å². The molecule has 1 atom stereocenters. The number of nitrogens with zero attached hydrogens (tertiary/aromatic N) is 1. The average Bonchev–Trinajstić information content (AvgIpc) is 2.49. The Morgan fingerprint density at radius 3 is 2.86 bits per heavy atom. The van der Waals surface area contributed by atoms with E-state index in [1.54, 1.807) is 11.0 Å². The number of nitrogens with one attached hydrogen (secondary N) is 1. The van der Waals surface area contributed by atoms with Gasteiger partial charge in [-0.3, -0.25) is 0 Å². The van der Waals surface area contributed by atoms with Crippen LogP contribution in [0.5, 0.6) is 0 Å². The zero-order valence-electron chi connectivity index (χ0n) is 11.4. The summed E-state index contributed by atoms with van der Waals surface area (Å²) < 4.78 is 0. The summed E-state index contributed by atoms with van der Waals surface area (Å²) in [5.41, 5.74) is 0.328. The Morgan fingerprint density at radius 2 is 2.19 bits per heavy atom. The summed E-state index contributed by atoms with van der Waals surface area (Å²) in [5.74, 6) is -1.04. The second-order valence-electron chi connectivity index (χ2n) is 5.07. The highest BCUT2D eigenvalue weighted by atomic mass is 35.5. The second kappa shape index (κ2) is 6.78. The standard InChI is InChI=1S/C14H17ClN2O4/c15-12-4-3-10(6-11(12)13(19)20)16-14(21)17-5-1-2-9(7-17)8-18/h3-4,6,9,18H,1-2,5,7-8H2,(H,16,21)(H,19,20). The molecule has 1 aromatic rings. The van der Waals surface area contributed by atoms with Crippen LogP contribution in [0.25, 0.3) is 0 Å². The number of halogens is 1. The van der Waals surface area contributed by atoms with E-state index in [1.807, 2.05) is 0 Å². The van der Waals surface area contributed by atoms with Crippen molar-refractivity contribution in [2.24, 2.45) is 5.92 Å². The predicted octanol–water partition coefficient (Wildman–Crippen LogP) is 2.27. The molecular formula is C14H17ClN2O4. The maximum atomic E-state index is 12.1. The fraction of sp³-hybridized carbons (Fsp3) is 0.429. The molecule has 6 nitrogen and oxygen atoms in total. The Balaban J connectivity index is 2.05. The molecule has 1 unspecified atom stereocenters. The number of amides is 2. The van der Waals surface area contributed by atoms with Gasteiger partial charge in [-0.25, -0.2) is 9.59 Å². The van der Waals surface area contributed by atoms with E-state index >= 15 is 0 Å².